The normalized spacial score (nSPS) is 23.7. The van der Waals surface area contributed by atoms with Gasteiger partial charge < -0.3 is 24.4 Å². The summed E-state index contributed by atoms with van der Waals surface area (Å²) < 4.78 is 29.0. The number of nitrogens with zero attached hydrogens (tertiary/aromatic N) is 6. The second-order valence-electron chi connectivity index (χ2n) is 11.8. The highest BCUT2D eigenvalue weighted by atomic mass is 35.5. The quantitative estimate of drug-likeness (QED) is 0.356. The lowest BCUT2D eigenvalue weighted by atomic mass is 9.94. The number of rotatable bonds is 3. The largest absolute Gasteiger partial charge is 0.462 e. The molecule has 12 heteroatoms. The van der Waals surface area contributed by atoms with Crippen LogP contribution in [0.3, 0.4) is 0 Å². The van der Waals surface area contributed by atoms with Gasteiger partial charge in [0, 0.05) is 53.8 Å². The minimum Gasteiger partial charge on any atom is -0.462 e. The zero-order chi connectivity index (χ0) is 28.8. The molecule has 6 bridgehead atoms. The smallest absolute Gasteiger partial charge is 0.319 e. The van der Waals surface area contributed by atoms with E-state index < -0.39 is 11.9 Å². The number of pyridine rings is 1. The van der Waals surface area contributed by atoms with Crippen molar-refractivity contribution in [3.05, 3.63) is 34.9 Å². The van der Waals surface area contributed by atoms with Crippen molar-refractivity contribution in [2.24, 2.45) is 5.92 Å². The molecule has 0 aliphatic carbocycles. The number of aromatic nitrogens is 5. The maximum atomic E-state index is 16.8. The van der Waals surface area contributed by atoms with E-state index in [1.165, 1.54) is 0 Å². The molecule has 2 N–H and O–H groups in total. The lowest BCUT2D eigenvalue weighted by Crippen LogP contribution is -2.45. The molecule has 3 atom stereocenters. The molecule has 3 aromatic heterocycles. The summed E-state index contributed by atoms with van der Waals surface area (Å²) in [7, 11) is 2.08. The Morgan fingerprint density at radius 1 is 1.19 bits per heavy atom. The number of piperidine rings is 1. The van der Waals surface area contributed by atoms with Gasteiger partial charge in [-0.3, -0.25) is 10.1 Å². The minimum atomic E-state index is -0.562. The number of aliphatic hydroxyl groups is 1. The van der Waals surface area contributed by atoms with E-state index in [-0.39, 0.29) is 29.2 Å². The van der Waals surface area contributed by atoms with Crippen LogP contribution in [0.4, 0.5) is 10.2 Å². The third-order valence-corrected chi connectivity index (χ3v) is 9.23. The predicted octanol–water partition coefficient (Wildman–Crippen LogP) is 4.37. The van der Waals surface area contributed by atoms with E-state index >= 15 is 4.39 Å². The zero-order valence-electron chi connectivity index (χ0n) is 23.7. The van der Waals surface area contributed by atoms with E-state index in [4.69, 9.17) is 26.1 Å². The highest BCUT2D eigenvalue weighted by molar-refractivity contribution is 6.33. The van der Waals surface area contributed by atoms with Crippen LogP contribution < -0.4 is 9.64 Å². The van der Waals surface area contributed by atoms with Crippen LogP contribution in [0, 0.1) is 11.7 Å². The van der Waals surface area contributed by atoms with E-state index in [1.807, 2.05) is 11.0 Å². The van der Waals surface area contributed by atoms with Gasteiger partial charge in [-0.25, -0.2) is 4.39 Å². The molecule has 1 aromatic carbocycles. The number of likely N-dealkylation sites (tertiary alicyclic amines) is 1. The van der Waals surface area contributed by atoms with Crippen LogP contribution in [-0.4, -0.2) is 93.8 Å². The average Bonchev–Trinajstić information content (AvgIpc) is 3.61. The molecule has 7 heterocycles. The molecular weight excluding hydrogens is 561 g/mol. The number of H-pyrrole nitrogens is 1. The van der Waals surface area contributed by atoms with Crippen molar-refractivity contribution in [3.8, 4) is 17.3 Å². The van der Waals surface area contributed by atoms with E-state index in [0.717, 1.165) is 43.2 Å². The fraction of sp³-hybridized carbons (Fsp3) is 0.533. The number of anilines is 1. The van der Waals surface area contributed by atoms with E-state index in [2.05, 4.69) is 32.1 Å². The van der Waals surface area contributed by atoms with Crippen LogP contribution in [0.5, 0.6) is 6.01 Å². The molecule has 0 unspecified atom stereocenters. The summed E-state index contributed by atoms with van der Waals surface area (Å²) in [6, 6.07) is 2.20. The Hall–Kier alpha value is -3.12. The summed E-state index contributed by atoms with van der Waals surface area (Å²) in [6.07, 6.45) is 7.79. The molecule has 0 spiro atoms. The number of aromatic amines is 1. The van der Waals surface area contributed by atoms with Gasteiger partial charge in [-0.15, -0.1) is 0 Å². The number of hydrogen-bond acceptors (Lipinski definition) is 9. The molecule has 2 saturated heterocycles. The second kappa shape index (κ2) is 11.5. The fourth-order valence-electron chi connectivity index (χ4n) is 6.70. The molecule has 4 aromatic rings. The number of halogens is 2. The van der Waals surface area contributed by atoms with Gasteiger partial charge in [-0.2, -0.15) is 15.1 Å². The van der Waals surface area contributed by atoms with Crippen molar-refractivity contribution in [2.45, 2.75) is 50.7 Å². The van der Waals surface area contributed by atoms with E-state index in [9.17, 15) is 5.11 Å². The van der Waals surface area contributed by atoms with Crippen LogP contribution in [0.15, 0.2) is 18.5 Å². The van der Waals surface area contributed by atoms with Crippen LogP contribution in [0.2, 0.25) is 5.02 Å². The monoisotopic (exact) mass is 595 g/mol. The molecule has 0 amide bonds. The van der Waals surface area contributed by atoms with Gasteiger partial charge in [0.25, 0.3) is 0 Å². The molecular formula is C30H35ClFN7O3. The SMILES string of the molecule is CN1CCC[C@H]1COc1nc2c3cnc(c(F)c3n1)-c1c(c(Cl)cc3[nH]ncc13)CCCCOC[C@@H]1C[C@H](O)CN2C1. The van der Waals surface area contributed by atoms with Crippen molar-refractivity contribution in [1.29, 1.82) is 0 Å². The summed E-state index contributed by atoms with van der Waals surface area (Å²) >= 11 is 6.79. The van der Waals surface area contributed by atoms with Gasteiger partial charge in [0.1, 0.15) is 23.6 Å². The fourth-order valence-corrected chi connectivity index (χ4v) is 7.00. The molecule has 2 fully saturated rings. The van der Waals surface area contributed by atoms with Crippen LogP contribution in [0.1, 0.15) is 37.7 Å². The minimum absolute atomic E-state index is 0.102. The Kier molecular flexibility index (Phi) is 7.60. The molecule has 42 heavy (non-hydrogen) atoms. The van der Waals surface area contributed by atoms with Gasteiger partial charge >= 0.3 is 6.01 Å². The summed E-state index contributed by atoms with van der Waals surface area (Å²) in [6.45, 7) is 3.53. The van der Waals surface area contributed by atoms with Crippen molar-refractivity contribution < 1.29 is 19.0 Å². The topological polar surface area (TPSA) is 113 Å². The lowest BCUT2D eigenvalue weighted by molar-refractivity contribution is 0.0564. The van der Waals surface area contributed by atoms with E-state index in [1.54, 1.807) is 12.4 Å². The molecule has 8 rings (SSSR count). The molecule has 222 valence electrons. The molecule has 0 saturated carbocycles. The van der Waals surface area contributed by atoms with E-state index in [0.29, 0.717) is 73.1 Å². The summed E-state index contributed by atoms with van der Waals surface area (Å²) in [4.78, 5) is 18.3. The number of nitrogens with one attached hydrogen (secondary N) is 1. The summed E-state index contributed by atoms with van der Waals surface area (Å²) in [5, 5.41) is 19.7. The third-order valence-electron chi connectivity index (χ3n) is 8.89. The average molecular weight is 596 g/mol. The molecule has 0 radical (unpaired) electrons. The highest BCUT2D eigenvalue weighted by Crippen LogP contribution is 2.40. The first kappa shape index (κ1) is 27.7. The number of fused-ring (bicyclic) bond motifs is 7. The first-order valence-electron chi connectivity index (χ1n) is 14.8. The Bertz CT molecular complexity index is 1620. The molecule has 4 aliphatic rings. The number of hydrogen-bond donors (Lipinski definition) is 2. The Balaban J connectivity index is 1.41. The standard InChI is InChI=1S/C30H35ClFN7O3/c1-38-7-4-5-18(38)16-42-30-35-27-22-11-33-28(26(27)32)25-20(23(31)10-24-21(25)12-34-37-24)6-2-3-8-41-15-17-9-19(40)14-39(13-17)29(22)36-30/h10-12,17-19,40H,2-9,13-16H2,1H3,(H,34,37)/t17-,18+,19+/m1/s1. The second-order valence-corrected chi connectivity index (χ2v) is 12.2. The number of benzene rings is 1. The molecule has 4 aliphatic heterocycles. The number of likely N-dealkylation sites (N-methyl/N-ethyl adjacent to an activating group) is 1. The van der Waals surface area contributed by atoms with Gasteiger partial charge in [0.2, 0.25) is 0 Å². The zero-order valence-corrected chi connectivity index (χ0v) is 24.4. The maximum absolute atomic E-state index is 16.8. The Labute approximate surface area is 248 Å². The third kappa shape index (κ3) is 5.16. The van der Waals surface area contributed by atoms with Crippen molar-refractivity contribution in [2.75, 3.05) is 51.4 Å². The molecule has 10 nitrogen and oxygen atoms in total. The van der Waals surface area contributed by atoms with Gasteiger partial charge in [-0.05, 0) is 63.7 Å². The van der Waals surface area contributed by atoms with Gasteiger partial charge in [0.15, 0.2) is 5.82 Å². The van der Waals surface area contributed by atoms with Crippen molar-refractivity contribution in [1.82, 2.24) is 30.0 Å². The van der Waals surface area contributed by atoms with Crippen LogP contribution in [-0.2, 0) is 11.2 Å². The summed E-state index contributed by atoms with van der Waals surface area (Å²) in [5.74, 6) is 0.0442. The van der Waals surface area contributed by atoms with Gasteiger partial charge in [0.05, 0.1) is 29.8 Å². The van der Waals surface area contributed by atoms with Crippen LogP contribution >= 0.6 is 11.6 Å². The first-order valence-corrected chi connectivity index (χ1v) is 15.2. The predicted molar refractivity (Wildman–Crippen MR) is 159 cm³/mol. The number of ether oxygens (including phenoxy) is 2. The van der Waals surface area contributed by atoms with Gasteiger partial charge in [-0.1, -0.05) is 11.6 Å². The lowest BCUT2D eigenvalue weighted by Gasteiger charge is -2.36. The number of aliphatic hydroxyl groups excluding tert-OH is 1. The Morgan fingerprint density at radius 3 is 2.95 bits per heavy atom. The van der Waals surface area contributed by atoms with Crippen molar-refractivity contribution in [3.63, 3.8) is 0 Å². The summed E-state index contributed by atoms with van der Waals surface area (Å²) in [5.41, 5.74) is 2.43. The first-order chi connectivity index (χ1) is 20.5. The highest BCUT2D eigenvalue weighted by Gasteiger charge is 2.31. The Morgan fingerprint density at radius 2 is 2.10 bits per heavy atom. The maximum Gasteiger partial charge on any atom is 0.319 e. The van der Waals surface area contributed by atoms with Crippen molar-refractivity contribution >= 4 is 39.2 Å². The van der Waals surface area contributed by atoms with Crippen LogP contribution in [0.25, 0.3) is 33.1 Å².